The summed E-state index contributed by atoms with van der Waals surface area (Å²) in [5, 5.41) is 0. The third-order valence-corrected chi connectivity index (χ3v) is 4.90. The summed E-state index contributed by atoms with van der Waals surface area (Å²) in [6.07, 6.45) is 0. The summed E-state index contributed by atoms with van der Waals surface area (Å²) in [5.41, 5.74) is 3.15. The molecule has 0 unspecified atom stereocenters. The fourth-order valence-corrected chi connectivity index (χ4v) is 3.34. The van der Waals surface area contributed by atoms with Gasteiger partial charge in [-0.25, -0.2) is 0 Å². The molecule has 4 heteroatoms. The van der Waals surface area contributed by atoms with E-state index in [9.17, 15) is 4.79 Å². The fourth-order valence-electron chi connectivity index (χ4n) is 3.34. The Morgan fingerprint density at radius 2 is 1.65 bits per heavy atom. The van der Waals surface area contributed by atoms with Crippen molar-refractivity contribution < 1.29 is 9.53 Å². The van der Waals surface area contributed by atoms with Crippen LogP contribution in [0, 0.1) is 0 Å². The first-order valence-corrected chi connectivity index (χ1v) is 9.46. The minimum atomic E-state index is 0.123. The molecule has 0 N–H and O–H groups in total. The van der Waals surface area contributed by atoms with E-state index < -0.39 is 0 Å². The molecule has 0 spiro atoms. The maximum atomic E-state index is 12.8. The highest BCUT2D eigenvalue weighted by Crippen LogP contribution is 2.29. The average Bonchev–Trinajstić information content (AvgIpc) is 2.68. The Kier molecular flexibility index (Phi) is 5.82. The summed E-state index contributed by atoms with van der Waals surface area (Å²) in [6, 6.07) is 16.2. The van der Waals surface area contributed by atoms with E-state index in [1.54, 1.807) is 0 Å². The number of nitrogens with zero attached hydrogens (tertiary/aromatic N) is 2. The van der Waals surface area contributed by atoms with Gasteiger partial charge in [0, 0.05) is 31.7 Å². The number of piperazine rings is 1. The predicted molar refractivity (Wildman–Crippen MR) is 106 cm³/mol. The molecule has 26 heavy (non-hydrogen) atoms. The number of benzene rings is 2. The van der Waals surface area contributed by atoms with Gasteiger partial charge in [0.1, 0.15) is 5.75 Å². The van der Waals surface area contributed by atoms with Gasteiger partial charge in [0.05, 0.1) is 12.3 Å². The lowest BCUT2D eigenvalue weighted by Crippen LogP contribution is -2.48. The van der Waals surface area contributed by atoms with Crippen LogP contribution < -0.4 is 9.64 Å². The van der Waals surface area contributed by atoms with Gasteiger partial charge in [-0.2, -0.15) is 0 Å². The molecule has 0 radical (unpaired) electrons. The molecule has 0 aromatic heterocycles. The van der Waals surface area contributed by atoms with Gasteiger partial charge in [0.25, 0.3) is 5.91 Å². The second-order valence-corrected chi connectivity index (χ2v) is 6.96. The van der Waals surface area contributed by atoms with E-state index in [1.807, 2.05) is 42.2 Å². The number of hydrogen-bond donors (Lipinski definition) is 0. The van der Waals surface area contributed by atoms with Crippen LogP contribution >= 0.6 is 0 Å². The molecular formula is C22H28N2O2. The zero-order valence-corrected chi connectivity index (χ0v) is 15.9. The first-order chi connectivity index (χ1) is 12.6. The maximum absolute atomic E-state index is 12.8. The van der Waals surface area contributed by atoms with Gasteiger partial charge in [-0.3, -0.25) is 4.79 Å². The quantitative estimate of drug-likeness (QED) is 0.810. The van der Waals surface area contributed by atoms with Crippen LogP contribution in [0.5, 0.6) is 5.75 Å². The predicted octanol–water partition coefficient (Wildman–Crippen LogP) is 4.17. The van der Waals surface area contributed by atoms with E-state index in [2.05, 4.69) is 36.9 Å². The Balaban J connectivity index is 1.64. The van der Waals surface area contributed by atoms with E-state index in [-0.39, 0.29) is 5.91 Å². The van der Waals surface area contributed by atoms with Crippen LogP contribution in [-0.4, -0.2) is 43.6 Å². The van der Waals surface area contributed by atoms with E-state index in [1.165, 1.54) is 5.56 Å². The highest BCUT2D eigenvalue weighted by Gasteiger charge is 2.23. The van der Waals surface area contributed by atoms with Gasteiger partial charge < -0.3 is 14.5 Å². The molecule has 138 valence electrons. The molecule has 1 fully saturated rings. The van der Waals surface area contributed by atoms with Gasteiger partial charge in [-0.15, -0.1) is 0 Å². The van der Waals surface area contributed by atoms with Gasteiger partial charge >= 0.3 is 0 Å². The number of hydrogen-bond acceptors (Lipinski definition) is 3. The third-order valence-electron chi connectivity index (χ3n) is 4.90. The number of anilines is 1. The van der Waals surface area contributed by atoms with E-state index in [0.717, 1.165) is 43.2 Å². The molecule has 0 aliphatic carbocycles. The van der Waals surface area contributed by atoms with Crippen molar-refractivity contribution >= 4 is 11.6 Å². The normalized spacial score (nSPS) is 14.6. The Bertz CT molecular complexity index is 732. The van der Waals surface area contributed by atoms with Crippen molar-refractivity contribution in [3.05, 3.63) is 59.7 Å². The molecule has 1 aliphatic heterocycles. The minimum Gasteiger partial charge on any atom is -0.492 e. The van der Waals surface area contributed by atoms with Crippen LogP contribution in [0.1, 0.15) is 42.6 Å². The zero-order valence-electron chi connectivity index (χ0n) is 15.9. The van der Waals surface area contributed by atoms with Gasteiger partial charge in [0.2, 0.25) is 0 Å². The summed E-state index contributed by atoms with van der Waals surface area (Å²) < 4.78 is 5.74. The van der Waals surface area contributed by atoms with E-state index >= 15 is 0 Å². The Morgan fingerprint density at radius 3 is 2.27 bits per heavy atom. The van der Waals surface area contributed by atoms with E-state index in [4.69, 9.17) is 4.74 Å². The maximum Gasteiger partial charge on any atom is 0.253 e. The standard InChI is InChI=1S/C22H28N2O2/c1-4-26-21-8-6-5-7-20(21)23-13-15-24(16-14-23)22(25)19-11-9-18(10-12-19)17(2)3/h5-12,17H,4,13-16H2,1-3H3. The summed E-state index contributed by atoms with van der Waals surface area (Å²) in [5.74, 6) is 1.52. The molecule has 0 bridgehead atoms. The van der Waals surface area contributed by atoms with Crippen molar-refractivity contribution in [2.75, 3.05) is 37.7 Å². The van der Waals surface area contributed by atoms with Crippen LogP contribution in [-0.2, 0) is 0 Å². The van der Waals surface area contributed by atoms with Crippen molar-refractivity contribution in [1.82, 2.24) is 4.90 Å². The molecule has 2 aromatic rings. The molecule has 1 amide bonds. The van der Waals surface area contributed by atoms with E-state index in [0.29, 0.717) is 12.5 Å². The van der Waals surface area contributed by atoms with Crippen LogP contribution in [0.15, 0.2) is 48.5 Å². The van der Waals surface area contributed by atoms with Crippen molar-refractivity contribution in [3.8, 4) is 5.75 Å². The molecule has 0 saturated carbocycles. The first kappa shape index (κ1) is 18.3. The van der Waals surface area contributed by atoms with Crippen molar-refractivity contribution in [2.24, 2.45) is 0 Å². The summed E-state index contributed by atoms with van der Waals surface area (Å²) >= 11 is 0. The van der Waals surface area contributed by atoms with Crippen molar-refractivity contribution in [1.29, 1.82) is 0 Å². The topological polar surface area (TPSA) is 32.8 Å². The SMILES string of the molecule is CCOc1ccccc1N1CCN(C(=O)c2ccc(C(C)C)cc2)CC1. The average molecular weight is 352 g/mol. The van der Waals surface area contributed by atoms with Crippen LogP contribution in [0.3, 0.4) is 0 Å². The molecular weight excluding hydrogens is 324 g/mol. The lowest BCUT2D eigenvalue weighted by molar-refractivity contribution is 0.0746. The molecule has 1 saturated heterocycles. The summed E-state index contributed by atoms with van der Waals surface area (Å²) in [6.45, 7) is 10.1. The lowest BCUT2D eigenvalue weighted by atomic mass is 10.0. The van der Waals surface area contributed by atoms with Crippen LogP contribution in [0.4, 0.5) is 5.69 Å². The fraction of sp³-hybridized carbons (Fsp3) is 0.409. The summed E-state index contributed by atoms with van der Waals surface area (Å²) in [7, 11) is 0. The lowest BCUT2D eigenvalue weighted by Gasteiger charge is -2.36. The highest BCUT2D eigenvalue weighted by atomic mass is 16.5. The first-order valence-electron chi connectivity index (χ1n) is 9.46. The zero-order chi connectivity index (χ0) is 18.5. The molecule has 2 aromatic carbocycles. The largest absolute Gasteiger partial charge is 0.492 e. The Hall–Kier alpha value is -2.49. The molecule has 4 nitrogen and oxygen atoms in total. The number of para-hydroxylation sites is 2. The highest BCUT2D eigenvalue weighted by molar-refractivity contribution is 5.94. The number of rotatable bonds is 5. The number of ether oxygens (including phenoxy) is 1. The third kappa shape index (κ3) is 4.01. The monoisotopic (exact) mass is 352 g/mol. The molecule has 0 atom stereocenters. The van der Waals surface area contributed by atoms with Crippen LogP contribution in [0.25, 0.3) is 0 Å². The molecule has 1 heterocycles. The Morgan fingerprint density at radius 1 is 1.00 bits per heavy atom. The Labute approximate surface area is 156 Å². The van der Waals surface area contributed by atoms with Crippen molar-refractivity contribution in [3.63, 3.8) is 0 Å². The minimum absolute atomic E-state index is 0.123. The number of carbonyl (C=O) groups excluding carboxylic acids is 1. The second kappa shape index (κ2) is 8.26. The number of amides is 1. The smallest absolute Gasteiger partial charge is 0.253 e. The summed E-state index contributed by atoms with van der Waals surface area (Å²) in [4.78, 5) is 17.0. The van der Waals surface area contributed by atoms with Crippen LogP contribution in [0.2, 0.25) is 0 Å². The van der Waals surface area contributed by atoms with Crippen molar-refractivity contribution in [2.45, 2.75) is 26.7 Å². The molecule has 1 aliphatic rings. The second-order valence-electron chi connectivity index (χ2n) is 6.96. The molecule has 3 rings (SSSR count). The van der Waals surface area contributed by atoms with Gasteiger partial charge in [-0.05, 0) is 42.7 Å². The van der Waals surface area contributed by atoms with Gasteiger partial charge in [-0.1, -0.05) is 38.1 Å². The number of carbonyl (C=O) groups is 1. The van der Waals surface area contributed by atoms with Gasteiger partial charge in [0.15, 0.2) is 0 Å².